The summed E-state index contributed by atoms with van der Waals surface area (Å²) < 4.78 is 28.2. The lowest BCUT2D eigenvalue weighted by Crippen LogP contribution is -2.51. The zero-order valence-corrected chi connectivity index (χ0v) is 23.8. The largest absolute Gasteiger partial charge is 0.331 e. The van der Waals surface area contributed by atoms with Crippen molar-refractivity contribution in [3.63, 3.8) is 0 Å². The minimum atomic E-state index is -3.45. The summed E-state index contributed by atoms with van der Waals surface area (Å²) in [7, 11) is -1.50. The first-order chi connectivity index (χ1) is 18.1. The summed E-state index contributed by atoms with van der Waals surface area (Å²) in [6.07, 6.45) is 9.30. The van der Waals surface area contributed by atoms with Gasteiger partial charge in [0.2, 0.25) is 16.0 Å². The summed E-state index contributed by atoms with van der Waals surface area (Å²) in [5.74, 6) is 2.66. The van der Waals surface area contributed by atoms with Gasteiger partial charge in [-0.05, 0) is 80.7 Å². The van der Waals surface area contributed by atoms with Crippen LogP contribution in [-0.2, 0) is 21.2 Å². The van der Waals surface area contributed by atoms with E-state index in [-0.39, 0.29) is 11.7 Å². The number of piperidine rings is 1. The predicted molar refractivity (Wildman–Crippen MR) is 150 cm³/mol. The average Bonchev–Trinajstić information content (AvgIpc) is 3.53. The van der Waals surface area contributed by atoms with Gasteiger partial charge >= 0.3 is 0 Å². The number of carbonyl (C=O) groups is 1. The lowest BCUT2D eigenvalue weighted by Gasteiger charge is -2.34. The molecule has 5 rings (SSSR count). The second kappa shape index (κ2) is 10.4. The Hall–Kier alpha value is -2.72. The number of nitrogens with one attached hydrogen (secondary N) is 2. The number of anilines is 2. The fourth-order valence-corrected chi connectivity index (χ4v) is 7.68. The van der Waals surface area contributed by atoms with Gasteiger partial charge in [0.25, 0.3) is 5.91 Å². The van der Waals surface area contributed by atoms with Gasteiger partial charge in [0.15, 0.2) is 0 Å². The highest BCUT2D eigenvalue weighted by atomic mass is 32.2. The van der Waals surface area contributed by atoms with Crippen molar-refractivity contribution in [3.8, 4) is 0 Å². The van der Waals surface area contributed by atoms with Crippen LogP contribution in [0.4, 0.5) is 11.6 Å². The molecule has 1 saturated heterocycles. The van der Waals surface area contributed by atoms with Crippen molar-refractivity contribution >= 4 is 33.4 Å². The number of carbonyl (C=O) groups excluding carboxylic acids is 1. The number of aromatic nitrogens is 2. The van der Waals surface area contributed by atoms with Crippen molar-refractivity contribution in [1.82, 2.24) is 19.6 Å². The first kappa shape index (κ1) is 26.9. The molecule has 0 unspecified atom stereocenters. The summed E-state index contributed by atoms with van der Waals surface area (Å²) in [5, 5.41) is 3.07. The molecule has 1 aromatic heterocycles. The van der Waals surface area contributed by atoms with E-state index in [0.29, 0.717) is 38.3 Å². The number of amides is 1. The Morgan fingerprint density at radius 1 is 1.11 bits per heavy atom. The molecule has 2 N–H and O–H groups in total. The van der Waals surface area contributed by atoms with Gasteiger partial charge in [-0.2, -0.15) is 0 Å². The Bertz CT molecular complexity index is 1280. The van der Waals surface area contributed by atoms with Crippen LogP contribution in [0.3, 0.4) is 0 Å². The van der Waals surface area contributed by atoms with E-state index in [9.17, 15) is 13.2 Å². The monoisotopic (exact) mass is 540 g/mol. The van der Waals surface area contributed by atoms with Crippen LogP contribution in [-0.4, -0.2) is 65.9 Å². The van der Waals surface area contributed by atoms with Gasteiger partial charge in [-0.3, -0.25) is 9.79 Å². The van der Waals surface area contributed by atoms with Gasteiger partial charge in [-0.25, -0.2) is 17.7 Å². The number of H-pyrrole nitrogens is 1. The second-order valence-electron chi connectivity index (χ2n) is 11.4. The molecule has 1 amide bonds. The predicted octanol–water partition coefficient (Wildman–Crippen LogP) is 3.86. The van der Waals surface area contributed by atoms with Crippen LogP contribution in [0.2, 0.25) is 0 Å². The summed E-state index contributed by atoms with van der Waals surface area (Å²) in [5.41, 5.74) is 3.39. The van der Waals surface area contributed by atoms with Crippen LogP contribution in [0.15, 0.2) is 29.5 Å². The highest BCUT2D eigenvalue weighted by Crippen LogP contribution is 2.36. The molecule has 1 saturated carbocycles. The summed E-state index contributed by atoms with van der Waals surface area (Å²) >= 11 is 0. The number of rotatable bonds is 7. The Kier molecular flexibility index (Phi) is 7.39. The number of amidine groups is 1. The fraction of sp³-hybridized carbons (Fsp3) is 0.607. The Balaban J connectivity index is 1.21. The number of aromatic amines is 1. The SMILES string of the molecule is Cc1cc(N(C)c2ncc[nH]2)cc(C)c1CCS(=O)(=O)N1CCC2(CC1)N=C(C1CCC(C)CC1)NC2=O. The number of sulfonamides is 1. The number of nitrogens with zero attached hydrogens (tertiary/aromatic N) is 4. The quantitative estimate of drug-likeness (QED) is 0.554. The van der Waals surface area contributed by atoms with Crippen LogP contribution in [0.5, 0.6) is 0 Å². The maximum absolute atomic E-state index is 13.3. The molecule has 1 aliphatic carbocycles. The summed E-state index contributed by atoms with van der Waals surface area (Å²) in [6, 6.07) is 4.15. The topological polar surface area (TPSA) is 111 Å². The number of aryl methyl sites for hydroxylation is 2. The van der Waals surface area contributed by atoms with Crippen molar-refractivity contribution in [3.05, 3.63) is 41.2 Å². The van der Waals surface area contributed by atoms with E-state index in [0.717, 1.165) is 52.9 Å². The third kappa shape index (κ3) is 5.25. The number of aliphatic imine (C=N–C) groups is 1. The van der Waals surface area contributed by atoms with E-state index >= 15 is 0 Å². The van der Waals surface area contributed by atoms with Gasteiger partial charge in [0.05, 0.1) is 5.75 Å². The average molecular weight is 541 g/mol. The summed E-state index contributed by atoms with van der Waals surface area (Å²) in [6.45, 7) is 7.00. The highest BCUT2D eigenvalue weighted by molar-refractivity contribution is 7.89. The van der Waals surface area contributed by atoms with Gasteiger partial charge in [0.1, 0.15) is 11.4 Å². The van der Waals surface area contributed by atoms with Crippen molar-refractivity contribution < 1.29 is 13.2 Å². The maximum atomic E-state index is 13.3. The molecule has 1 aromatic carbocycles. The Labute approximate surface area is 226 Å². The van der Waals surface area contributed by atoms with E-state index < -0.39 is 15.6 Å². The number of benzene rings is 1. The van der Waals surface area contributed by atoms with Gasteiger partial charge in [-0.1, -0.05) is 19.8 Å². The maximum Gasteiger partial charge on any atom is 0.253 e. The third-order valence-electron chi connectivity index (χ3n) is 8.82. The van der Waals surface area contributed by atoms with E-state index in [1.54, 1.807) is 16.7 Å². The van der Waals surface area contributed by atoms with E-state index in [2.05, 4.69) is 34.3 Å². The Morgan fingerprint density at radius 3 is 2.37 bits per heavy atom. The molecule has 3 aliphatic rings. The molecule has 3 heterocycles. The lowest BCUT2D eigenvalue weighted by atomic mass is 9.82. The molecule has 38 heavy (non-hydrogen) atoms. The van der Waals surface area contributed by atoms with Crippen molar-refractivity contribution in [2.24, 2.45) is 16.8 Å². The number of imidazole rings is 1. The van der Waals surface area contributed by atoms with E-state index in [1.165, 1.54) is 12.8 Å². The first-order valence-electron chi connectivity index (χ1n) is 13.8. The van der Waals surface area contributed by atoms with E-state index in [4.69, 9.17) is 4.99 Å². The highest BCUT2D eigenvalue weighted by Gasteiger charge is 2.48. The number of hydrogen-bond donors (Lipinski definition) is 2. The molecule has 0 radical (unpaired) electrons. The minimum absolute atomic E-state index is 0.0472. The Morgan fingerprint density at radius 2 is 1.76 bits per heavy atom. The molecule has 206 valence electrons. The van der Waals surface area contributed by atoms with Crippen molar-refractivity contribution in [2.75, 3.05) is 30.8 Å². The molecule has 0 bridgehead atoms. The zero-order valence-electron chi connectivity index (χ0n) is 23.0. The molecular formula is C28H40N6O3S. The molecule has 1 spiro atoms. The molecule has 10 heteroatoms. The molecular weight excluding hydrogens is 500 g/mol. The minimum Gasteiger partial charge on any atom is -0.331 e. The number of hydrogen-bond acceptors (Lipinski definition) is 6. The fourth-order valence-electron chi connectivity index (χ4n) is 6.22. The van der Waals surface area contributed by atoms with Crippen molar-refractivity contribution in [2.45, 2.75) is 71.3 Å². The smallest absolute Gasteiger partial charge is 0.253 e. The van der Waals surface area contributed by atoms with Crippen LogP contribution in [0, 0.1) is 25.7 Å². The first-order valence-corrected chi connectivity index (χ1v) is 15.4. The third-order valence-corrected chi connectivity index (χ3v) is 10.7. The van der Waals surface area contributed by atoms with Crippen LogP contribution >= 0.6 is 0 Å². The summed E-state index contributed by atoms with van der Waals surface area (Å²) in [4.78, 5) is 27.3. The molecule has 9 nitrogen and oxygen atoms in total. The normalized spacial score (nSPS) is 23.9. The zero-order chi connectivity index (χ0) is 27.1. The van der Waals surface area contributed by atoms with Gasteiger partial charge in [-0.15, -0.1) is 0 Å². The lowest BCUT2D eigenvalue weighted by molar-refractivity contribution is -0.125. The molecule has 2 fully saturated rings. The van der Waals surface area contributed by atoms with Crippen molar-refractivity contribution in [1.29, 1.82) is 0 Å². The van der Waals surface area contributed by atoms with Gasteiger partial charge in [0, 0.05) is 44.1 Å². The standard InChI is InChI=1S/C28H40N6O3S/c1-19-5-7-22(8-6-19)25-31-26(35)28(32-25)10-14-34(15-11-28)38(36,37)16-9-24-20(2)17-23(18-21(24)3)33(4)27-29-12-13-30-27/h12-13,17-19,22H,5-11,14-16H2,1-4H3,(H,29,30)(H,31,32,35). The second-order valence-corrected chi connectivity index (χ2v) is 13.5. The van der Waals surface area contributed by atoms with Gasteiger partial charge < -0.3 is 15.2 Å². The van der Waals surface area contributed by atoms with E-state index in [1.807, 2.05) is 25.8 Å². The molecule has 0 atom stereocenters. The van der Waals surface area contributed by atoms with Crippen LogP contribution in [0.1, 0.15) is 62.1 Å². The molecule has 2 aliphatic heterocycles. The molecule has 2 aromatic rings. The van der Waals surface area contributed by atoms with Crippen LogP contribution in [0.25, 0.3) is 0 Å². The van der Waals surface area contributed by atoms with Crippen LogP contribution < -0.4 is 10.2 Å².